The zero-order chi connectivity index (χ0) is 11.4. The van der Waals surface area contributed by atoms with E-state index in [-0.39, 0.29) is 0 Å². The quantitative estimate of drug-likeness (QED) is 0.783. The fourth-order valence-electron chi connectivity index (χ4n) is 3.09. The first-order valence-electron chi connectivity index (χ1n) is 6.65. The van der Waals surface area contributed by atoms with E-state index in [1.54, 1.807) is 0 Å². The molecule has 0 aromatic rings. The summed E-state index contributed by atoms with van der Waals surface area (Å²) in [6.07, 6.45) is 3.82. The summed E-state index contributed by atoms with van der Waals surface area (Å²) in [6.45, 7) is 9.21. The SMILES string of the molecule is CN(CC1CCOCC1)CC1(C)CCNC1. The van der Waals surface area contributed by atoms with E-state index < -0.39 is 0 Å². The Bertz CT molecular complexity index is 208. The monoisotopic (exact) mass is 226 g/mol. The normalized spacial score (nSPS) is 32.4. The van der Waals surface area contributed by atoms with Gasteiger partial charge in [-0.2, -0.15) is 0 Å². The van der Waals surface area contributed by atoms with Gasteiger partial charge in [-0.25, -0.2) is 0 Å². The maximum Gasteiger partial charge on any atom is 0.0469 e. The van der Waals surface area contributed by atoms with Crippen LogP contribution in [0.15, 0.2) is 0 Å². The fraction of sp³-hybridized carbons (Fsp3) is 1.00. The predicted molar refractivity (Wildman–Crippen MR) is 66.6 cm³/mol. The first-order chi connectivity index (χ1) is 7.68. The molecule has 16 heavy (non-hydrogen) atoms. The number of rotatable bonds is 4. The summed E-state index contributed by atoms with van der Waals surface area (Å²) in [5, 5.41) is 3.48. The second-order valence-electron chi connectivity index (χ2n) is 5.99. The van der Waals surface area contributed by atoms with Gasteiger partial charge in [-0.05, 0) is 44.2 Å². The van der Waals surface area contributed by atoms with E-state index in [1.807, 2.05) is 0 Å². The van der Waals surface area contributed by atoms with Gasteiger partial charge in [0.15, 0.2) is 0 Å². The van der Waals surface area contributed by atoms with E-state index in [4.69, 9.17) is 4.74 Å². The maximum absolute atomic E-state index is 5.41. The molecule has 0 saturated carbocycles. The summed E-state index contributed by atoms with van der Waals surface area (Å²) in [5.41, 5.74) is 0.500. The van der Waals surface area contributed by atoms with Gasteiger partial charge in [0.05, 0.1) is 0 Å². The van der Waals surface area contributed by atoms with E-state index in [2.05, 4.69) is 24.2 Å². The summed E-state index contributed by atoms with van der Waals surface area (Å²) in [4.78, 5) is 2.53. The van der Waals surface area contributed by atoms with Crippen LogP contribution >= 0.6 is 0 Å². The Morgan fingerprint density at radius 1 is 1.38 bits per heavy atom. The molecule has 1 unspecified atom stereocenters. The first-order valence-corrected chi connectivity index (χ1v) is 6.65. The standard InChI is InChI=1S/C13H26N2O/c1-13(5-6-14-10-13)11-15(2)9-12-3-7-16-8-4-12/h12,14H,3-11H2,1-2H3. The molecule has 0 radical (unpaired) electrons. The molecule has 0 aliphatic carbocycles. The molecular weight excluding hydrogens is 200 g/mol. The molecule has 2 aliphatic heterocycles. The van der Waals surface area contributed by atoms with Gasteiger partial charge >= 0.3 is 0 Å². The van der Waals surface area contributed by atoms with Crippen LogP contribution in [0.2, 0.25) is 0 Å². The van der Waals surface area contributed by atoms with Crippen LogP contribution in [0.3, 0.4) is 0 Å². The molecule has 0 amide bonds. The smallest absolute Gasteiger partial charge is 0.0469 e. The average Bonchev–Trinajstić information content (AvgIpc) is 2.66. The van der Waals surface area contributed by atoms with Gasteiger partial charge in [-0.1, -0.05) is 6.92 Å². The summed E-state index contributed by atoms with van der Waals surface area (Å²) in [7, 11) is 2.28. The van der Waals surface area contributed by atoms with Crippen LogP contribution in [-0.2, 0) is 4.74 Å². The topological polar surface area (TPSA) is 24.5 Å². The molecule has 2 heterocycles. The van der Waals surface area contributed by atoms with Crippen LogP contribution in [-0.4, -0.2) is 51.3 Å². The van der Waals surface area contributed by atoms with Crippen molar-refractivity contribution in [3.63, 3.8) is 0 Å². The highest BCUT2D eigenvalue weighted by atomic mass is 16.5. The lowest BCUT2D eigenvalue weighted by atomic mass is 9.88. The highest BCUT2D eigenvalue weighted by Gasteiger charge is 2.30. The molecule has 3 heteroatoms. The van der Waals surface area contributed by atoms with Crippen molar-refractivity contribution in [3.05, 3.63) is 0 Å². The number of hydrogen-bond donors (Lipinski definition) is 1. The van der Waals surface area contributed by atoms with Gasteiger partial charge in [-0.3, -0.25) is 0 Å². The molecule has 0 spiro atoms. The van der Waals surface area contributed by atoms with Crippen LogP contribution < -0.4 is 5.32 Å². The molecule has 2 aliphatic rings. The minimum atomic E-state index is 0.500. The van der Waals surface area contributed by atoms with Crippen LogP contribution in [0, 0.1) is 11.3 Å². The van der Waals surface area contributed by atoms with Gasteiger partial charge in [0.1, 0.15) is 0 Å². The summed E-state index contributed by atoms with van der Waals surface area (Å²) < 4.78 is 5.41. The van der Waals surface area contributed by atoms with Crippen LogP contribution in [0.4, 0.5) is 0 Å². The minimum Gasteiger partial charge on any atom is -0.381 e. The summed E-state index contributed by atoms with van der Waals surface area (Å²) in [5.74, 6) is 0.858. The Hall–Kier alpha value is -0.120. The molecule has 2 saturated heterocycles. The molecule has 3 nitrogen and oxygen atoms in total. The van der Waals surface area contributed by atoms with E-state index in [9.17, 15) is 0 Å². The molecule has 0 bridgehead atoms. The molecule has 2 rings (SSSR count). The van der Waals surface area contributed by atoms with Crippen LogP contribution in [0.25, 0.3) is 0 Å². The lowest BCUT2D eigenvalue weighted by molar-refractivity contribution is 0.0513. The van der Waals surface area contributed by atoms with E-state index >= 15 is 0 Å². The van der Waals surface area contributed by atoms with Crippen LogP contribution in [0.5, 0.6) is 0 Å². The highest BCUT2D eigenvalue weighted by Crippen LogP contribution is 2.26. The molecule has 0 aromatic carbocycles. The molecule has 0 aromatic heterocycles. The number of ether oxygens (including phenoxy) is 1. The van der Waals surface area contributed by atoms with E-state index in [0.29, 0.717) is 5.41 Å². The van der Waals surface area contributed by atoms with E-state index in [0.717, 1.165) is 19.1 Å². The van der Waals surface area contributed by atoms with Gasteiger partial charge in [0.2, 0.25) is 0 Å². The third kappa shape index (κ3) is 3.44. The predicted octanol–water partition coefficient (Wildman–Crippen LogP) is 1.34. The Labute approximate surface area is 99.5 Å². The van der Waals surface area contributed by atoms with Crippen molar-refractivity contribution in [2.75, 3.05) is 46.4 Å². The van der Waals surface area contributed by atoms with Crippen molar-refractivity contribution < 1.29 is 4.74 Å². The molecule has 94 valence electrons. The Balaban J connectivity index is 1.72. The van der Waals surface area contributed by atoms with E-state index in [1.165, 1.54) is 45.4 Å². The van der Waals surface area contributed by atoms with Crippen LogP contribution in [0.1, 0.15) is 26.2 Å². The largest absolute Gasteiger partial charge is 0.381 e. The summed E-state index contributed by atoms with van der Waals surface area (Å²) >= 11 is 0. The zero-order valence-electron chi connectivity index (χ0n) is 10.8. The van der Waals surface area contributed by atoms with Gasteiger partial charge in [0.25, 0.3) is 0 Å². The average molecular weight is 226 g/mol. The lowest BCUT2D eigenvalue weighted by Gasteiger charge is -2.32. The Morgan fingerprint density at radius 3 is 2.75 bits per heavy atom. The molecule has 1 atom stereocenters. The molecule has 2 fully saturated rings. The van der Waals surface area contributed by atoms with Crippen molar-refractivity contribution >= 4 is 0 Å². The van der Waals surface area contributed by atoms with Crippen molar-refractivity contribution in [1.29, 1.82) is 0 Å². The second-order valence-corrected chi connectivity index (χ2v) is 5.99. The van der Waals surface area contributed by atoms with Gasteiger partial charge < -0.3 is 15.0 Å². The zero-order valence-corrected chi connectivity index (χ0v) is 10.8. The fourth-order valence-corrected chi connectivity index (χ4v) is 3.09. The van der Waals surface area contributed by atoms with Crippen molar-refractivity contribution in [1.82, 2.24) is 10.2 Å². The third-order valence-corrected chi connectivity index (χ3v) is 4.02. The van der Waals surface area contributed by atoms with Crippen molar-refractivity contribution in [2.24, 2.45) is 11.3 Å². The maximum atomic E-state index is 5.41. The Morgan fingerprint density at radius 2 is 2.12 bits per heavy atom. The number of hydrogen-bond acceptors (Lipinski definition) is 3. The van der Waals surface area contributed by atoms with Crippen molar-refractivity contribution in [3.8, 4) is 0 Å². The Kier molecular flexibility index (Phi) is 4.22. The molecular formula is C13H26N2O. The lowest BCUT2D eigenvalue weighted by Crippen LogP contribution is -2.38. The highest BCUT2D eigenvalue weighted by molar-refractivity contribution is 4.86. The van der Waals surface area contributed by atoms with Gasteiger partial charge in [0, 0.05) is 32.8 Å². The number of nitrogens with one attached hydrogen (secondary N) is 1. The number of nitrogens with zero attached hydrogens (tertiary/aromatic N) is 1. The van der Waals surface area contributed by atoms with Crippen molar-refractivity contribution in [2.45, 2.75) is 26.2 Å². The third-order valence-electron chi connectivity index (χ3n) is 4.02. The molecule has 1 N–H and O–H groups in total. The second kappa shape index (κ2) is 5.48. The summed E-state index contributed by atoms with van der Waals surface area (Å²) in [6, 6.07) is 0. The van der Waals surface area contributed by atoms with Gasteiger partial charge in [-0.15, -0.1) is 0 Å². The first kappa shape index (κ1) is 12.3. The minimum absolute atomic E-state index is 0.500.